The van der Waals surface area contributed by atoms with E-state index in [1.807, 2.05) is 49.4 Å². The van der Waals surface area contributed by atoms with E-state index in [9.17, 15) is 4.79 Å². The number of nitrogens with zero attached hydrogens (tertiary/aromatic N) is 2. The minimum absolute atomic E-state index is 0.220. The van der Waals surface area contributed by atoms with E-state index in [1.54, 1.807) is 13.0 Å². The molecule has 2 aromatic heterocycles. The summed E-state index contributed by atoms with van der Waals surface area (Å²) >= 11 is 0. The number of fused-ring (bicyclic) bond motifs is 2. The third-order valence-electron chi connectivity index (χ3n) is 5.27. The van der Waals surface area contributed by atoms with Gasteiger partial charge in [0.05, 0.1) is 22.3 Å². The van der Waals surface area contributed by atoms with Crippen LogP contribution in [0.4, 0.5) is 0 Å². The number of hydrogen-bond donors (Lipinski definition) is 1. The van der Waals surface area contributed by atoms with Gasteiger partial charge in [0, 0.05) is 12.1 Å². The lowest BCUT2D eigenvalue weighted by Gasteiger charge is -2.19. The highest BCUT2D eigenvalue weighted by molar-refractivity contribution is 6.07. The predicted octanol–water partition coefficient (Wildman–Crippen LogP) is 4.21. The van der Waals surface area contributed by atoms with E-state index in [1.165, 1.54) is 0 Å². The summed E-state index contributed by atoms with van der Waals surface area (Å²) in [6.07, 6.45) is 0. The molecule has 0 aliphatic carbocycles. The lowest BCUT2D eigenvalue weighted by atomic mass is 10.0. The number of carbonyl (C=O) groups is 1. The van der Waals surface area contributed by atoms with Crippen LogP contribution in [-0.2, 0) is 6.54 Å². The van der Waals surface area contributed by atoms with Crippen molar-refractivity contribution >= 4 is 17.0 Å². The van der Waals surface area contributed by atoms with Gasteiger partial charge in [-0.2, -0.15) is 0 Å². The van der Waals surface area contributed by atoms with Crippen molar-refractivity contribution in [3.63, 3.8) is 0 Å². The summed E-state index contributed by atoms with van der Waals surface area (Å²) in [4.78, 5) is 17.7. The summed E-state index contributed by atoms with van der Waals surface area (Å²) in [6, 6.07) is 15.4. The SMILES string of the molecule is Cc1ccc(-c2cc(C(=O)NCc3ccc4c(c3)OCCO4)c3c(C)noc3n2)cc1. The molecule has 0 saturated heterocycles. The third kappa shape index (κ3) is 3.70. The quantitative estimate of drug-likeness (QED) is 0.537. The van der Waals surface area contributed by atoms with Crippen molar-refractivity contribution in [2.45, 2.75) is 20.4 Å². The number of rotatable bonds is 4. The summed E-state index contributed by atoms with van der Waals surface area (Å²) in [5.74, 6) is 1.20. The minimum atomic E-state index is -0.220. The number of pyridine rings is 1. The van der Waals surface area contributed by atoms with Crippen LogP contribution in [0.3, 0.4) is 0 Å². The Labute approximate surface area is 179 Å². The predicted molar refractivity (Wildman–Crippen MR) is 115 cm³/mol. The van der Waals surface area contributed by atoms with Gasteiger partial charge in [-0.25, -0.2) is 4.98 Å². The zero-order valence-electron chi connectivity index (χ0n) is 17.3. The second-order valence-corrected chi connectivity index (χ2v) is 7.53. The second-order valence-electron chi connectivity index (χ2n) is 7.53. The second kappa shape index (κ2) is 7.75. The molecule has 0 atom stereocenters. The highest BCUT2D eigenvalue weighted by Gasteiger charge is 2.20. The molecule has 1 amide bonds. The summed E-state index contributed by atoms with van der Waals surface area (Å²) in [6.45, 7) is 5.24. The Bertz CT molecular complexity index is 1280. The Kier molecular flexibility index (Phi) is 4.78. The van der Waals surface area contributed by atoms with Gasteiger partial charge in [-0.05, 0) is 37.6 Å². The van der Waals surface area contributed by atoms with Gasteiger partial charge < -0.3 is 19.3 Å². The van der Waals surface area contributed by atoms with Crippen LogP contribution >= 0.6 is 0 Å². The minimum Gasteiger partial charge on any atom is -0.486 e. The molecule has 7 nitrogen and oxygen atoms in total. The van der Waals surface area contributed by atoms with Crippen LogP contribution in [0, 0.1) is 13.8 Å². The van der Waals surface area contributed by atoms with Crippen LogP contribution in [0.5, 0.6) is 11.5 Å². The van der Waals surface area contributed by atoms with Crippen LogP contribution in [-0.4, -0.2) is 29.3 Å². The van der Waals surface area contributed by atoms with E-state index in [0.29, 0.717) is 53.6 Å². The molecule has 1 aliphatic rings. The molecule has 7 heteroatoms. The zero-order valence-corrected chi connectivity index (χ0v) is 17.3. The fourth-order valence-corrected chi connectivity index (χ4v) is 3.62. The van der Waals surface area contributed by atoms with Gasteiger partial charge in [-0.3, -0.25) is 4.79 Å². The number of ether oxygens (including phenoxy) is 2. The molecule has 5 rings (SSSR count). The number of hydrogen-bond acceptors (Lipinski definition) is 6. The first kappa shape index (κ1) is 19.1. The standard InChI is InChI=1S/C24H21N3O4/c1-14-3-6-17(7-4-14)19-12-18(22-15(2)27-31-24(22)26-19)23(28)25-13-16-5-8-20-21(11-16)30-10-9-29-20/h3-8,11-12H,9-10,13H2,1-2H3,(H,25,28). The summed E-state index contributed by atoms with van der Waals surface area (Å²) < 4.78 is 16.6. The molecule has 2 aromatic carbocycles. The smallest absolute Gasteiger partial charge is 0.259 e. The van der Waals surface area contributed by atoms with Gasteiger partial charge in [-0.1, -0.05) is 41.1 Å². The summed E-state index contributed by atoms with van der Waals surface area (Å²) in [5.41, 5.74) is 5.09. The first-order chi connectivity index (χ1) is 15.1. The van der Waals surface area contributed by atoms with Gasteiger partial charge in [0.25, 0.3) is 11.6 Å². The maximum atomic E-state index is 13.1. The summed E-state index contributed by atoms with van der Waals surface area (Å²) in [5, 5.41) is 7.61. The molecule has 31 heavy (non-hydrogen) atoms. The Morgan fingerprint density at radius 1 is 1.00 bits per heavy atom. The van der Waals surface area contributed by atoms with Crippen LogP contribution in [0.2, 0.25) is 0 Å². The molecule has 0 saturated carbocycles. The maximum Gasteiger partial charge on any atom is 0.259 e. The number of benzene rings is 2. The number of nitrogens with one attached hydrogen (secondary N) is 1. The van der Waals surface area contributed by atoms with Crippen LogP contribution in [0.15, 0.2) is 53.1 Å². The molecule has 1 N–H and O–H groups in total. The van der Waals surface area contributed by atoms with Gasteiger partial charge in [0.15, 0.2) is 11.5 Å². The van der Waals surface area contributed by atoms with Crippen molar-refractivity contribution in [3.05, 3.63) is 70.9 Å². The molecular weight excluding hydrogens is 394 g/mol. The highest BCUT2D eigenvalue weighted by Crippen LogP contribution is 2.31. The third-order valence-corrected chi connectivity index (χ3v) is 5.27. The van der Waals surface area contributed by atoms with Crippen molar-refractivity contribution in [2.24, 2.45) is 0 Å². The molecule has 1 aliphatic heterocycles. The Hall–Kier alpha value is -3.87. The first-order valence-electron chi connectivity index (χ1n) is 10.1. The van der Waals surface area contributed by atoms with Crippen LogP contribution in [0.25, 0.3) is 22.4 Å². The first-order valence-corrected chi connectivity index (χ1v) is 10.1. The van der Waals surface area contributed by atoms with Crippen LogP contribution in [0.1, 0.15) is 27.2 Å². The van der Waals surface area contributed by atoms with E-state index < -0.39 is 0 Å². The average Bonchev–Trinajstić information content (AvgIpc) is 3.18. The number of amides is 1. The van der Waals surface area contributed by atoms with E-state index >= 15 is 0 Å². The molecule has 0 spiro atoms. The van der Waals surface area contributed by atoms with E-state index in [2.05, 4.69) is 15.5 Å². The van der Waals surface area contributed by atoms with Gasteiger partial charge in [0.1, 0.15) is 13.2 Å². The van der Waals surface area contributed by atoms with Crippen molar-refractivity contribution < 1.29 is 18.8 Å². The monoisotopic (exact) mass is 415 g/mol. The molecule has 0 radical (unpaired) electrons. The molecule has 3 heterocycles. The molecule has 156 valence electrons. The van der Waals surface area contributed by atoms with Gasteiger partial charge in [-0.15, -0.1) is 0 Å². The van der Waals surface area contributed by atoms with Crippen molar-refractivity contribution in [3.8, 4) is 22.8 Å². The maximum absolute atomic E-state index is 13.1. The fraction of sp³-hybridized carbons (Fsp3) is 0.208. The van der Waals surface area contributed by atoms with Crippen molar-refractivity contribution in [2.75, 3.05) is 13.2 Å². The Morgan fingerprint density at radius 2 is 1.77 bits per heavy atom. The van der Waals surface area contributed by atoms with E-state index in [0.717, 1.165) is 22.4 Å². The largest absolute Gasteiger partial charge is 0.486 e. The highest BCUT2D eigenvalue weighted by atomic mass is 16.6. The van der Waals surface area contributed by atoms with Crippen molar-refractivity contribution in [1.29, 1.82) is 0 Å². The van der Waals surface area contributed by atoms with Gasteiger partial charge in [0.2, 0.25) is 0 Å². The fourth-order valence-electron chi connectivity index (χ4n) is 3.62. The molecule has 0 unspecified atom stereocenters. The Morgan fingerprint density at radius 3 is 2.58 bits per heavy atom. The number of aromatic nitrogens is 2. The van der Waals surface area contributed by atoms with Gasteiger partial charge >= 0.3 is 0 Å². The molecule has 4 aromatic rings. The molecule has 0 bridgehead atoms. The number of aryl methyl sites for hydroxylation is 2. The van der Waals surface area contributed by atoms with Crippen molar-refractivity contribution in [1.82, 2.24) is 15.5 Å². The number of carbonyl (C=O) groups excluding carboxylic acids is 1. The van der Waals surface area contributed by atoms with Crippen LogP contribution < -0.4 is 14.8 Å². The topological polar surface area (TPSA) is 86.5 Å². The lowest BCUT2D eigenvalue weighted by molar-refractivity contribution is 0.0952. The zero-order chi connectivity index (χ0) is 21.4. The molecule has 0 fully saturated rings. The van der Waals surface area contributed by atoms with E-state index in [4.69, 9.17) is 14.0 Å². The lowest BCUT2D eigenvalue weighted by Crippen LogP contribution is -2.23. The summed E-state index contributed by atoms with van der Waals surface area (Å²) in [7, 11) is 0. The molecular formula is C24H21N3O4. The Balaban J connectivity index is 1.45. The van der Waals surface area contributed by atoms with E-state index in [-0.39, 0.29) is 5.91 Å². The normalized spacial score (nSPS) is 12.7. The average molecular weight is 415 g/mol.